The Morgan fingerprint density at radius 1 is 1.24 bits per heavy atom. The van der Waals surface area contributed by atoms with E-state index in [9.17, 15) is 9.59 Å². The van der Waals surface area contributed by atoms with Gasteiger partial charge in [-0.25, -0.2) is 4.90 Å². The number of hydrogen-bond acceptors (Lipinski definition) is 4. The number of nitrogens with zero attached hydrogens (tertiary/aromatic N) is 3. The highest BCUT2D eigenvalue weighted by atomic mass is 16.2. The van der Waals surface area contributed by atoms with Crippen molar-refractivity contribution in [1.82, 2.24) is 9.78 Å². The summed E-state index contributed by atoms with van der Waals surface area (Å²) in [7, 11) is 1.74. The molecular formula is C15H22N4O2. The van der Waals surface area contributed by atoms with Crippen LogP contribution in [0.3, 0.4) is 0 Å². The number of amides is 2. The van der Waals surface area contributed by atoms with Gasteiger partial charge in [-0.2, -0.15) is 5.10 Å². The summed E-state index contributed by atoms with van der Waals surface area (Å²) in [6.07, 6.45) is 7.98. The molecule has 0 unspecified atom stereocenters. The number of nitrogens with two attached hydrogens (primary N) is 1. The molecule has 6 heteroatoms. The maximum atomic E-state index is 13.0. The largest absolute Gasteiger partial charge is 0.326 e. The highest BCUT2D eigenvalue weighted by Gasteiger charge is 2.52. The van der Waals surface area contributed by atoms with Crippen LogP contribution in [0.4, 0.5) is 5.82 Å². The molecule has 1 aliphatic carbocycles. The first-order valence-corrected chi connectivity index (χ1v) is 7.67. The van der Waals surface area contributed by atoms with Crippen molar-refractivity contribution in [2.75, 3.05) is 4.90 Å². The number of anilines is 1. The molecule has 0 radical (unpaired) electrons. The minimum Gasteiger partial charge on any atom is -0.326 e. The fraction of sp³-hybridized carbons (Fsp3) is 0.667. The first-order chi connectivity index (χ1) is 10.1. The Labute approximate surface area is 124 Å². The third kappa shape index (κ3) is 2.18. The van der Waals surface area contributed by atoms with Crippen molar-refractivity contribution >= 4 is 17.6 Å². The zero-order valence-corrected chi connectivity index (χ0v) is 12.5. The van der Waals surface area contributed by atoms with Gasteiger partial charge >= 0.3 is 0 Å². The number of aromatic nitrogens is 2. The van der Waals surface area contributed by atoms with Crippen molar-refractivity contribution in [2.24, 2.45) is 18.2 Å². The van der Waals surface area contributed by atoms with Crippen molar-refractivity contribution in [2.45, 2.75) is 51.5 Å². The van der Waals surface area contributed by atoms with Crippen molar-refractivity contribution < 1.29 is 9.59 Å². The van der Waals surface area contributed by atoms with Gasteiger partial charge in [-0.1, -0.05) is 25.7 Å². The SMILES string of the molecule is Cn1ncc(CN)c1N1C(=O)CC2(CCCCCC2)C1=O. The number of carbonyl (C=O) groups excluding carboxylic acids is 2. The zero-order valence-electron chi connectivity index (χ0n) is 12.5. The molecule has 1 saturated heterocycles. The quantitative estimate of drug-likeness (QED) is 0.837. The van der Waals surface area contributed by atoms with E-state index in [1.807, 2.05) is 0 Å². The molecule has 1 aromatic rings. The van der Waals surface area contributed by atoms with Gasteiger partial charge in [0.05, 0.1) is 11.6 Å². The summed E-state index contributed by atoms with van der Waals surface area (Å²) >= 11 is 0. The van der Waals surface area contributed by atoms with E-state index in [0.717, 1.165) is 44.1 Å². The van der Waals surface area contributed by atoms with Crippen LogP contribution in [0, 0.1) is 5.41 Å². The fourth-order valence-electron chi connectivity index (χ4n) is 3.71. The van der Waals surface area contributed by atoms with Gasteiger partial charge in [-0.3, -0.25) is 14.3 Å². The molecule has 0 bridgehead atoms. The first kappa shape index (κ1) is 14.3. The fourth-order valence-corrected chi connectivity index (χ4v) is 3.71. The van der Waals surface area contributed by atoms with Gasteiger partial charge in [0.2, 0.25) is 11.8 Å². The first-order valence-electron chi connectivity index (χ1n) is 7.67. The van der Waals surface area contributed by atoms with Gasteiger partial charge in [-0.15, -0.1) is 0 Å². The third-order valence-corrected chi connectivity index (χ3v) is 4.87. The number of imide groups is 1. The van der Waals surface area contributed by atoms with Crippen LogP contribution in [0.25, 0.3) is 0 Å². The summed E-state index contributed by atoms with van der Waals surface area (Å²) in [5.74, 6) is 0.390. The second-order valence-electron chi connectivity index (χ2n) is 6.23. The predicted molar refractivity (Wildman–Crippen MR) is 78.3 cm³/mol. The molecule has 2 heterocycles. The number of hydrogen-bond donors (Lipinski definition) is 1. The van der Waals surface area contributed by atoms with Crippen LogP contribution in [-0.4, -0.2) is 21.6 Å². The lowest BCUT2D eigenvalue weighted by atomic mass is 9.79. The molecule has 2 fully saturated rings. The molecule has 1 spiro atoms. The van der Waals surface area contributed by atoms with Crippen LogP contribution < -0.4 is 10.6 Å². The average molecular weight is 290 g/mol. The van der Waals surface area contributed by atoms with Gasteiger partial charge < -0.3 is 5.73 Å². The van der Waals surface area contributed by atoms with Crippen LogP contribution >= 0.6 is 0 Å². The number of carbonyl (C=O) groups is 2. The molecule has 2 N–H and O–H groups in total. The van der Waals surface area contributed by atoms with E-state index in [1.54, 1.807) is 17.9 Å². The third-order valence-electron chi connectivity index (χ3n) is 4.87. The minimum absolute atomic E-state index is 0.0484. The van der Waals surface area contributed by atoms with E-state index in [2.05, 4.69) is 5.10 Å². The van der Waals surface area contributed by atoms with Crippen molar-refractivity contribution in [3.63, 3.8) is 0 Å². The monoisotopic (exact) mass is 290 g/mol. The summed E-state index contributed by atoms with van der Waals surface area (Å²) in [5, 5.41) is 4.14. The topological polar surface area (TPSA) is 81.2 Å². The van der Waals surface area contributed by atoms with Crippen LogP contribution in [0.5, 0.6) is 0 Å². The molecule has 1 aliphatic heterocycles. The Morgan fingerprint density at radius 2 is 1.90 bits per heavy atom. The predicted octanol–water partition coefficient (Wildman–Crippen LogP) is 1.48. The van der Waals surface area contributed by atoms with Gasteiger partial charge in [0.15, 0.2) is 0 Å². The second-order valence-corrected chi connectivity index (χ2v) is 6.23. The van der Waals surface area contributed by atoms with Crippen LogP contribution in [0.1, 0.15) is 50.5 Å². The van der Waals surface area contributed by atoms with Gasteiger partial charge in [-0.05, 0) is 12.8 Å². The summed E-state index contributed by atoms with van der Waals surface area (Å²) in [5.41, 5.74) is 5.97. The lowest BCUT2D eigenvalue weighted by molar-refractivity contribution is -0.126. The maximum Gasteiger partial charge on any atom is 0.241 e. The van der Waals surface area contributed by atoms with E-state index in [0.29, 0.717) is 12.2 Å². The average Bonchev–Trinajstić information content (AvgIpc) is 2.81. The zero-order chi connectivity index (χ0) is 15.0. The Balaban J connectivity index is 1.99. The molecule has 1 aromatic heterocycles. The molecule has 114 valence electrons. The molecular weight excluding hydrogens is 268 g/mol. The molecule has 21 heavy (non-hydrogen) atoms. The summed E-state index contributed by atoms with van der Waals surface area (Å²) in [4.78, 5) is 26.8. The van der Waals surface area contributed by atoms with Crippen LogP contribution in [0.2, 0.25) is 0 Å². The Kier molecular flexibility index (Phi) is 3.57. The van der Waals surface area contributed by atoms with E-state index in [4.69, 9.17) is 5.73 Å². The smallest absolute Gasteiger partial charge is 0.241 e. The lowest BCUT2D eigenvalue weighted by Crippen LogP contribution is -2.37. The van der Waals surface area contributed by atoms with Crippen molar-refractivity contribution in [3.05, 3.63) is 11.8 Å². The molecule has 2 aliphatic rings. The molecule has 1 saturated carbocycles. The minimum atomic E-state index is -0.482. The van der Waals surface area contributed by atoms with E-state index >= 15 is 0 Å². The normalized spacial score (nSPS) is 22.1. The number of rotatable bonds is 2. The molecule has 2 amide bonds. The molecule has 0 aromatic carbocycles. The van der Waals surface area contributed by atoms with Crippen LogP contribution in [-0.2, 0) is 23.2 Å². The van der Waals surface area contributed by atoms with Gasteiger partial charge in [0, 0.05) is 25.6 Å². The van der Waals surface area contributed by atoms with Crippen molar-refractivity contribution in [1.29, 1.82) is 0 Å². The van der Waals surface area contributed by atoms with Gasteiger partial charge in [0.25, 0.3) is 0 Å². The van der Waals surface area contributed by atoms with Crippen LogP contribution in [0.15, 0.2) is 6.20 Å². The Hall–Kier alpha value is -1.69. The van der Waals surface area contributed by atoms with E-state index in [-0.39, 0.29) is 18.4 Å². The Morgan fingerprint density at radius 3 is 2.52 bits per heavy atom. The van der Waals surface area contributed by atoms with E-state index < -0.39 is 5.41 Å². The number of aryl methyl sites for hydroxylation is 1. The molecule has 6 nitrogen and oxygen atoms in total. The van der Waals surface area contributed by atoms with E-state index in [1.165, 1.54) is 4.90 Å². The maximum absolute atomic E-state index is 13.0. The summed E-state index contributed by atoms with van der Waals surface area (Å²) in [6.45, 7) is 0.271. The van der Waals surface area contributed by atoms with Gasteiger partial charge in [0.1, 0.15) is 5.82 Å². The second kappa shape index (κ2) is 5.26. The van der Waals surface area contributed by atoms with Crippen molar-refractivity contribution in [3.8, 4) is 0 Å². The molecule has 3 rings (SSSR count). The molecule has 0 atom stereocenters. The standard InChI is InChI=1S/C15H22N4O2/c1-18-13(11(9-16)10-17-18)19-12(20)8-15(14(19)21)6-4-2-3-5-7-15/h10H,2-9,16H2,1H3. The highest BCUT2D eigenvalue weighted by Crippen LogP contribution is 2.45. The highest BCUT2D eigenvalue weighted by molar-refractivity contribution is 6.22. The summed E-state index contributed by atoms with van der Waals surface area (Å²) in [6, 6.07) is 0. The Bertz CT molecular complexity index is 570. The lowest BCUT2D eigenvalue weighted by Gasteiger charge is -2.25. The summed E-state index contributed by atoms with van der Waals surface area (Å²) < 4.78 is 1.58.